The van der Waals surface area contributed by atoms with E-state index in [0.29, 0.717) is 12.3 Å². The quantitative estimate of drug-likeness (QED) is 0.885. The minimum absolute atomic E-state index is 0.497. The van der Waals surface area contributed by atoms with Crippen molar-refractivity contribution in [3.05, 3.63) is 23.5 Å². The molecule has 1 N–H and O–H groups in total. The Hall–Kier alpha value is -0.870. The highest BCUT2D eigenvalue weighted by atomic mass is 32.1. The van der Waals surface area contributed by atoms with Gasteiger partial charge in [0.25, 0.3) is 0 Å². The number of thiazole rings is 1. The van der Waals surface area contributed by atoms with Crippen LogP contribution in [0.2, 0.25) is 0 Å². The number of aliphatic hydroxyl groups is 1. The number of aromatic nitrogens is 2. The average Bonchev–Trinajstić information content (AvgIpc) is 2.93. The molecule has 0 aromatic carbocycles. The van der Waals surface area contributed by atoms with E-state index in [0.717, 1.165) is 17.1 Å². The molecule has 86 valence electrons. The Morgan fingerprint density at radius 3 is 3.06 bits per heavy atom. The van der Waals surface area contributed by atoms with Crippen molar-refractivity contribution < 1.29 is 5.11 Å². The third-order valence-corrected chi connectivity index (χ3v) is 4.35. The van der Waals surface area contributed by atoms with Crippen molar-refractivity contribution in [1.29, 1.82) is 0 Å². The predicted octanol–water partition coefficient (Wildman–Crippen LogP) is 2.49. The van der Waals surface area contributed by atoms with Gasteiger partial charge in [-0.05, 0) is 25.2 Å². The molecule has 1 saturated carbocycles. The normalized spacial score (nSPS) is 20.1. The van der Waals surface area contributed by atoms with Crippen LogP contribution >= 0.6 is 11.3 Å². The molecule has 0 spiro atoms. The lowest BCUT2D eigenvalue weighted by Crippen LogP contribution is -2.33. The lowest BCUT2D eigenvalue weighted by molar-refractivity contribution is 0.0131. The Morgan fingerprint density at radius 1 is 1.62 bits per heavy atom. The van der Waals surface area contributed by atoms with Crippen molar-refractivity contribution in [1.82, 2.24) is 9.38 Å². The number of hydrogen-bond acceptors (Lipinski definition) is 3. The molecule has 0 radical (unpaired) electrons. The van der Waals surface area contributed by atoms with Crippen LogP contribution in [0.5, 0.6) is 0 Å². The number of nitrogens with zero attached hydrogens (tertiary/aromatic N) is 2. The molecule has 0 amide bonds. The Bertz CT molecular complexity index is 471. The van der Waals surface area contributed by atoms with Gasteiger partial charge in [0.2, 0.25) is 0 Å². The van der Waals surface area contributed by atoms with Crippen LogP contribution in [-0.4, -0.2) is 20.1 Å². The van der Waals surface area contributed by atoms with E-state index in [1.165, 1.54) is 12.8 Å². The first-order valence-electron chi connectivity index (χ1n) is 5.85. The molecular weight excluding hydrogens is 220 g/mol. The molecule has 1 aliphatic rings. The smallest absolute Gasteiger partial charge is 0.193 e. The molecule has 3 nitrogen and oxygen atoms in total. The molecule has 1 atom stereocenters. The first-order valence-corrected chi connectivity index (χ1v) is 6.73. The number of fused-ring (bicyclic) bond motifs is 1. The van der Waals surface area contributed by atoms with Gasteiger partial charge in [-0.3, -0.25) is 4.40 Å². The summed E-state index contributed by atoms with van der Waals surface area (Å²) in [6.45, 7) is 2.07. The van der Waals surface area contributed by atoms with Crippen molar-refractivity contribution in [2.24, 2.45) is 5.92 Å². The van der Waals surface area contributed by atoms with Crippen LogP contribution in [0.25, 0.3) is 4.96 Å². The standard InChI is InChI=1S/C12H16N2OS/c1-2-12(15,9-3-4-9)7-10-8-14-5-6-16-11(14)13-10/h5-6,8-9,15H,2-4,7H2,1H3. The average molecular weight is 236 g/mol. The lowest BCUT2D eigenvalue weighted by atomic mass is 9.89. The fraction of sp³-hybridized carbons (Fsp3) is 0.583. The van der Waals surface area contributed by atoms with Crippen molar-refractivity contribution in [3.63, 3.8) is 0 Å². The van der Waals surface area contributed by atoms with E-state index < -0.39 is 5.60 Å². The molecule has 16 heavy (non-hydrogen) atoms. The maximum absolute atomic E-state index is 10.5. The molecule has 0 bridgehead atoms. The molecule has 4 heteroatoms. The Morgan fingerprint density at radius 2 is 2.44 bits per heavy atom. The molecule has 1 unspecified atom stereocenters. The zero-order chi connectivity index (χ0) is 11.2. The van der Waals surface area contributed by atoms with E-state index in [2.05, 4.69) is 11.9 Å². The summed E-state index contributed by atoms with van der Waals surface area (Å²) >= 11 is 1.64. The van der Waals surface area contributed by atoms with Gasteiger partial charge in [-0.25, -0.2) is 4.98 Å². The van der Waals surface area contributed by atoms with Gasteiger partial charge in [0.1, 0.15) is 0 Å². The summed E-state index contributed by atoms with van der Waals surface area (Å²) in [6, 6.07) is 0. The van der Waals surface area contributed by atoms with Gasteiger partial charge in [0, 0.05) is 24.2 Å². The van der Waals surface area contributed by atoms with Crippen molar-refractivity contribution in [2.75, 3.05) is 0 Å². The molecular formula is C12H16N2OS. The highest BCUT2D eigenvalue weighted by Gasteiger charge is 2.42. The zero-order valence-electron chi connectivity index (χ0n) is 9.39. The largest absolute Gasteiger partial charge is 0.389 e. The van der Waals surface area contributed by atoms with Gasteiger partial charge in [0.05, 0.1) is 11.3 Å². The van der Waals surface area contributed by atoms with Gasteiger partial charge in [-0.15, -0.1) is 11.3 Å². The summed E-state index contributed by atoms with van der Waals surface area (Å²) < 4.78 is 2.03. The summed E-state index contributed by atoms with van der Waals surface area (Å²) in [5.41, 5.74) is 0.493. The first kappa shape index (κ1) is 10.3. The van der Waals surface area contributed by atoms with Crippen LogP contribution in [0.1, 0.15) is 31.9 Å². The highest BCUT2D eigenvalue weighted by molar-refractivity contribution is 7.15. The Kier molecular flexibility index (Phi) is 2.30. The summed E-state index contributed by atoms with van der Waals surface area (Å²) in [4.78, 5) is 5.56. The third-order valence-electron chi connectivity index (χ3n) is 3.58. The van der Waals surface area contributed by atoms with E-state index in [4.69, 9.17) is 0 Å². The second-order valence-corrected chi connectivity index (χ2v) is 5.61. The summed E-state index contributed by atoms with van der Waals surface area (Å²) in [6.07, 6.45) is 7.91. The van der Waals surface area contributed by atoms with Gasteiger partial charge in [0.15, 0.2) is 4.96 Å². The highest BCUT2D eigenvalue weighted by Crippen LogP contribution is 2.43. The lowest BCUT2D eigenvalue weighted by Gasteiger charge is -2.25. The Labute approximate surface area is 98.8 Å². The van der Waals surface area contributed by atoms with Gasteiger partial charge >= 0.3 is 0 Å². The van der Waals surface area contributed by atoms with E-state index in [-0.39, 0.29) is 0 Å². The van der Waals surface area contributed by atoms with E-state index in [1.807, 2.05) is 22.2 Å². The monoisotopic (exact) mass is 236 g/mol. The molecule has 2 heterocycles. The molecule has 2 aromatic rings. The predicted molar refractivity (Wildman–Crippen MR) is 64.7 cm³/mol. The van der Waals surface area contributed by atoms with E-state index in [1.54, 1.807) is 11.3 Å². The first-order chi connectivity index (χ1) is 7.71. The number of hydrogen-bond donors (Lipinski definition) is 1. The summed E-state index contributed by atoms with van der Waals surface area (Å²) in [5, 5.41) is 12.6. The summed E-state index contributed by atoms with van der Waals surface area (Å²) in [5.74, 6) is 0.497. The van der Waals surface area contributed by atoms with Crippen LogP contribution in [0, 0.1) is 5.92 Å². The molecule has 1 aliphatic carbocycles. The summed E-state index contributed by atoms with van der Waals surface area (Å²) in [7, 11) is 0. The van der Waals surface area contributed by atoms with Crippen LogP contribution in [0.15, 0.2) is 17.8 Å². The third kappa shape index (κ3) is 1.66. The van der Waals surface area contributed by atoms with Crippen LogP contribution in [-0.2, 0) is 6.42 Å². The molecule has 0 saturated heterocycles. The van der Waals surface area contributed by atoms with Crippen molar-refractivity contribution >= 4 is 16.3 Å². The number of imidazole rings is 1. The van der Waals surface area contributed by atoms with Crippen LogP contribution in [0.4, 0.5) is 0 Å². The van der Waals surface area contributed by atoms with Crippen molar-refractivity contribution in [3.8, 4) is 0 Å². The second-order valence-electron chi connectivity index (χ2n) is 4.73. The fourth-order valence-corrected chi connectivity index (χ4v) is 3.07. The minimum atomic E-state index is -0.524. The zero-order valence-corrected chi connectivity index (χ0v) is 10.2. The molecule has 1 fully saturated rings. The SMILES string of the molecule is CCC(O)(Cc1cn2ccsc2n1)C1CC1. The second kappa shape index (κ2) is 3.57. The molecule has 2 aromatic heterocycles. The van der Waals surface area contributed by atoms with Gasteiger partial charge in [-0.2, -0.15) is 0 Å². The number of rotatable bonds is 4. The van der Waals surface area contributed by atoms with Crippen LogP contribution < -0.4 is 0 Å². The van der Waals surface area contributed by atoms with Gasteiger partial charge < -0.3 is 5.11 Å². The fourth-order valence-electron chi connectivity index (χ4n) is 2.35. The Balaban J connectivity index is 1.85. The maximum Gasteiger partial charge on any atom is 0.193 e. The molecule has 0 aliphatic heterocycles. The topological polar surface area (TPSA) is 37.5 Å². The molecule has 3 rings (SSSR count). The van der Waals surface area contributed by atoms with E-state index >= 15 is 0 Å². The van der Waals surface area contributed by atoms with E-state index in [9.17, 15) is 5.11 Å². The maximum atomic E-state index is 10.5. The van der Waals surface area contributed by atoms with Gasteiger partial charge in [-0.1, -0.05) is 6.92 Å². The van der Waals surface area contributed by atoms with Crippen LogP contribution in [0.3, 0.4) is 0 Å². The minimum Gasteiger partial charge on any atom is -0.389 e. The van der Waals surface area contributed by atoms with Crippen molar-refractivity contribution in [2.45, 2.75) is 38.2 Å².